The lowest BCUT2D eigenvalue weighted by Crippen LogP contribution is -2.51. The average Bonchev–Trinajstić information content (AvgIpc) is 3.51. The van der Waals surface area contributed by atoms with E-state index in [1.807, 2.05) is 0 Å². The topological polar surface area (TPSA) is 9.72 Å². The number of nitrogens with zero attached hydrogens (tertiary/aromatic N) is 3. The van der Waals surface area contributed by atoms with Crippen molar-refractivity contribution in [3.63, 3.8) is 0 Å². The van der Waals surface area contributed by atoms with E-state index in [4.69, 9.17) is 0 Å². The highest BCUT2D eigenvalue weighted by molar-refractivity contribution is 4.98. The van der Waals surface area contributed by atoms with Gasteiger partial charge < -0.3 is 0 Å². The van der Waals surface area contributed by atoms with Gasteiger partial charge in [0.1, 0.15) is 0 Å². The molecule has 0 N–H and O–H groups in total. The van der Waals surface area contributed by atoms with Crippen molar-refractivity contribution in [1.29, 1.82) is 0 Å². The van der Waals surface area contributed by atoms with Crippen LogP contribution in [0, 0.1) is 17.8 Å². The Morgan fingerprint density at radius 1 is 0.457 bits per heavy atom. The van der Waals surface area contributed by atoms with E-state index in [1.54, 1.807) is 0 Å². The number of hydrogen-bond acceptors (Lipinski definition) is 3. The normalized spacial score (nSPS) is 37.6. The first-order valence-corrected chi connectivity index (χ1v) is 15.5. The molecular weight excluding hydrogens is 426 g/mol. The standard InChI is InChI=1S/2C11H21N.C10H19N/c1-11(2,3)12-7-9-4-5-10(6-9)8-12;1-11(2,3)12-9-5-4-6-10(12)8-7-9;1-10(2,3)11-7-8-4-5-9(11)6-8/h2*9-10H,4-8H2,1-3H3;8-9H,4-7H2,1-3H3. The Hall–Kier alpha value is -0.120. The molecule has 6 bridgehead atoms. The highest BCUT2D eigenvalue weighted by Crippen LogP contribution is 2.42. The first kappa shape index (κ1) is 27.9. The Balaban J connectivity index is 0.000000124. The van der Waals surface area contributed by atoms with E-state index >= 15 is 0 Å². The van der Waals surface area contributed by atoms with E-state index in [-0.39, 0.29) is 0 Å². The minimum atomic E-state index is 0.404. The van der Waals surface area contributed by atoms with Crippen molar-refractivity contribution in [1.82, 2.24) is 14.7 Å². The molecule has 0 radical (unpaired) electrons. The van der Waals surface area contributed by atoms with Gasteiger partial charge in [0.25, 0.3) is 0 Å². The fourth-order valence-electron chi connectivity index (χ4n) is 8.71. The molecule has 204 valence electrons. The molecule has 6 fully saturated rings. The summed E-state index contributed by atoms with van der Waals surface area (Å²) < 4.78 is 0. The Morgan fingerprint density at radius 2 is 0.943 bits per heavy atom. The van der Waals surface area contributed by atoms with E-state index in [9.17, 15) is 0 Å². The second-order valence-electron chi connectivity index (χ2n) is 16.2. The zero-order chi connectivity index (χ0) is 25.6. The number of rotatable bonds is 0. The maximum atomic E-state index is 2.77. The fourth-order valence-corrected chi connectivity index (χ4v) is 8.71. The molecule has 0 aromatic carbocycles. The van der Waals surface area contributed by atoms with E-state index in [0.29, 0.717) is 16.6 Å². The lowest BCUT2D eigenvalue weighted by atomic mass is 9.94. The third-order valence-electron chi connectivity index (χ3n) is 10.3. The summed E-state index contributed by atoms with van der Waals surface area (Å²) >= 11 is 0. The summed E-state index contributed by atoms with van der Waals surface area (Å²) in [6.45, 7) is 25.2. The minimum absolute atomic E-state index is 0.404. The number of fused-ring (bicyclic) bond motifs is 6. The molecule has 2 aliphatic carbocycles. The van der Waals surface area contributed by atoms with Crippen LogP contribution in [0.15, 0.2) is 0 Å². The highest BCUT2D eigenvalue weighted by Gasteiger charge is 2.43. The molecule has 0 spiro atoms. The molecule has 0 amide bonds. The molecule has 4 saturated heterocycles. The van der Waals surface area contributed by atoms with E-state index in [0.717, 1.165) is 35.9 Å². The molecule has 3 nitrogen and oxygen atoms in total. The van der Waals surface area contributed by atoms with Crippen molar-refractivity contribution in [2.24, 2.45) is 17.8 Å². The van der Waals surface area contributed by atoms with Crippen molar-refractivity contribution in [2.75, 3.05) is 19.6 Å². The molecule has 4 aliphatic heterocycles. The molecule has 0 aromatic heterocycles. The number of likely N-dealkylation sites (tertiary alicyclic amines) is 2. The monoisotopic (exact) mass is 487 g/mol. The third kappa shape index (κ3) is 6.85. The molecule has 6 rings (SSSR count). The first-order chi connectivity index (χ1) is 16.2. The molecular formula is C32H61N3. The highest BCUT2D eigenvalue weighted by atomic mass is 15.3. The average molecular weight is 488 g/mol. The minimum Gasteiger partial charge on any atom is -0.298 e. The lowest BCUT2D eigenvalue weighted by molar-refractivity contribution is 0.0441. The summed E-state index contributed by atoms with van der Waals surface area (Å²) in [7, 11) is 0. The Bertz CT molecular complexity index is 652. The second-order valence-corrected chi connectivity index (χ2v) is 16.2. The molecule has 4 heterocycles. The molecule has 35 heavy (non-hydrogen) atoms. The van der Waals surface area contributed by atoms with Crippen LogP contribution in [0.25, 0.3) is 0 Å². The smallest absolute Gasteiger partial charge is 0.0130 e. The van der Waals surface area contributed by atoms with Crippen LogP contribution in [0.2, 0.25) is 0 Å². The Morgan fingerprint density at radius 3 is 1.29 bits per heavy atom. The van der Waals surface area contributed by atoms with Crippen molar-refractivity contribution < 1.29 is 0 Å². The quantitative estimate of drug-likeness (QED) is 0.348. The van der Waals surface area contributed by atoms with Crippen LogP contribution in [0.4, 0.5) is 0 Å². The van der Waals surface area contributed by atoms with Crippen LogP contribution in [0.3, 0.4) is 0 Å². The number of hydrogen-bond donors (Lipinski definition) is 0. The van der Waals surface area contributed by atoms with Gasteiger partial charge in [0.15, 0.2) is 0 Å². The number of piperidine rings is 3. The zero-order valence-electron chi connectivity index (χ0n) is 25.2. The molecule has 6 atom stereocenters. The van der Waals surface area contributed by atoms with E-state index < -0.39 is 0 Å². The van der Waals surface area contributed by atoms with Crippen LogP contribution >= 0.6 is 0 Å². The van der Waals surface area contributed by atoms with Gasteiger partial charge in [0.05, 0.1) is 0 Å². The van der Waals surface area contributed by atoms with Crippen LogP contribution in [0.5, 0.6) is 0 Å². The SMILES string of the molecule is CC(C)(C)N1C2CCCC1CC2.CC(C)(C)N1CC2CCC(C2)C1.CC(C)(C)N1CC2CCC1C2. The molecule has 6 unspecified atom stereocenters. The second kappa shape index (κ2) is 10.6. The Labute approximate surface area is 219 Å². The van der Waals surface area contributed by atoms with E-state index in [2.05, 4.69) is 77.0 Å². The largest absolute Gasteiger partial charge is 0.298 e. The van der Waals surface area contributed by atoms with Gasteiger partial charge in [0, 0.05) is 54.4 Å². The van der Waals surface area contributed by atoms with Gasteiger partial charge in [-0.1, -0.05) is 6.42 Å². The van der Waals surface area contributed by atoms with Gasteiger partial charge in [-0.2, -0.15) is 0 Å². The lowest BCUT2D eigenvalue weighted by Gasteiger charge is -2.44. The van der Waals surface area contributed by atoms with Gasteiger partial charge in [0.2, 0.25) is 0 Å². The zero-order valence-corrected chi connectivity index (χ0v) is 25.2. The molecule has 0 aromatic rings. The van der Waals surface area contributed by atoms with Crippen LogP contribution < -0.4 is 0 Å². The first-order valence-electron chi connectivity index (χ1n) is 15.5. The van der Waals surface area contributed by atoms with Gasteiger partial charge in [-0.3, -0.25) is 14.7 Å². The summed E-state index contributed by atoms with van der Waals surface area (Å²) in [5.41, 5.74) is 1.23. The molecule has 3 heteroatoms. The maximum absolute atomic E-state index is 2.77. The van der Waals surface area contributed by atoms with Crippen molar-refractivity contribution >= 4 is 0 Å². The summed E-state index contributed by atoms with van der Waals surface area (Å²) in [5, 5.41) is 0. The summed E-state index contributed by atoms with van der Waals surface area (Å²) in [4.78, 5) is 8.15. The predicted molar refractivity (Wildman–Crippen MR) is 152 cm³/mol. The summed E-state index contributed by atoms with van der Waals surface area (Å²) in [5.74, 6) is 3.10. The summed E-state index contributed by atoms with van der Waals surface area (Å²) in [6.07, 6.45) is 16.3. The van der Waals surface area contributed by atoms with Crippen LogP contribution in [0.1, 0.15) is 133 Å². The Kier molecular flexibility index (Phi) is 8.42. The van der Waals surface area contributed by atoms with Crippen LogP contribution in [-0.4, -0.2) is 69.1 Å². The van der Waals surface area contributed by atoms with Crippen LogP contribution in [-0.2, 0) is 0 Å². The molecule has 2 saturated carbocycles. The van der Waals surface area contributed by atoms with Crippen molar-refractivity contribution in [2.45, 2.75) is 168 Å². The van der Waals surface area contributed by atoms with Gasteiger partial charge >= 0.3 is 0 Å². The third-order valence-corrected chi connectivity index (χ3v) is 10.3. The fraction of sp³-hybridized carbons (Fsp3) is 1.00. The van der Waals surface area contributed by atoms with Crippen molar-refractivity contribution in [3.8, 4) is 0 Å². The summed E-state index contributed by atoms with van der Waals surface area (Å²) in [6, 6.07) is 2.77. The maximum Gasteiger partial charge on any atom is 0.0130 e. The predicted octanol–water partition coefficient (Wildman–Crippen LogP) is 7.59. The van der Waals surface area contributed by atoms with Gasteiger partial charge in [-0.15, -0.1) is 0 Å². The van der Waals surface area contributed by atoms with Gasteiger partial charge in [-0.05, 0) is 144 Å². The molecule has 6 aliphatic rings. The van der Waals surface area contributed by atoms with Gasteiger partial charge in [-0.25, -0.2) is 0 Å². The van der Waals surface area contributed by atoms with Crippen molar-refractivity contribution in [3.05, 3.63) is 0 Å². The van der Waals surface area contributed by atoms with E-state index in [1.165, 1.54) is 90.3 Å².